The molecule has 2 atom stereocenters. The summed E-state index contributed by atoms with van der Waals surface area (Å²) in [5, 5.41) is 6.48. The van der Waals surface area contributed by atoms with Crippen molar-refractivity contribution in [2.75, 3.05) is 13.2 Å². The second kappa shape index (κ2) is 7.46. The predicted octanol–water partition coefficient (Wildman–Crippen LogP) is 2.33. The van der Waals surface area contributed by atoms with Gasteiger partial charge in [0.05, 0.1) is 13.0 Å². The topological polar surface area (TPSA) is 50.4 Å². The van der Waals surface area contributed by atoms with E-state index in [-0.39, 0.29) is 11.9 Å². The lowest BCUT2D eigenvalue weighted by Gasteiger charge is -2.30. The van der Waals surface area contributed by atoms with Gasteiger partial charge in [-0.05, 0) is 63.4 Å². The first kappa shape index (κ1) is 15.8. The van der Waals surface area contributed by atoms with Crippen LogP contribution in [0.1, 0.15) is 37.3 Å². The van der Waals surface area contributed by atoms with E-state index in [0.717, 1.165) is 25.1 Å². The van der Waals surface area contributed by atoms with E-state index in [1.807, 2.05) is 26.0 Å². The molecule has 1 aliphatic heterocycles. The SMILES string of the molecule is Cc1cc(C)cc(OCCC(=O)NC2CCCNC2C)c1. The average Bonchev–Trinajstić information content (AvgIpc) is 2.40. The molecule has 0 spiro atoms. The van der Waals surface area contributed by atoms with E-state index in [0.29, 0.717) is 19.1 Å². The molecule has 2 rings (SSSR count). The molecular weight excluding hydrogens is 264 g/mol. The second-order valence-corrected chi connectivity index (χ2v) is 5.98. The number of nitrogens with one attached hydrogen (secondary N) is 2. The Hall–Kier alpha value is -1.55. The van der Waals surface area contributed by atoms with Gasteiger partial charge in [0, 0.05) is 12.1 Å². The van der Waals surface area contributed by atoms with E-state index in [9.17, 15) is 4.79 Å². The zero-order chi connectivity index (χ0) is 15.2. The van der Waals surface area contributed by atoms with Gasteiger partial charge < -0.3 is 15.4 Å². The molecule has 116 valence electrons. The van der Waals surface area contributed by atoms with Crippen LogP contribution >= 0.6 is 0 Å². The van der Waals surface area contributed by atoms with Crippen LogP contribution in [0.25, 0.3) is 0 Å². The van der Waals surface area contributed by atoms with Crippen LogP contribution in [0.15, 0.2) is 18.2 Å². The van der Waals surface area contributed by atoms with Crippen molar-refractivity contribution >= 4 is 5.91 Å². The first-order chi connectivity index (χ1) is 10.0. The highest BCUT2D eigenvalue weighted by atomic mass is 16.5. The fourth-order valence-electron chi connectivity index (χ4n) is 2.80. The summed E-state index contributed by atoms with van der Waals surface area (Å²) in [6.45, 7) is 7.68. The van der Waals surface area contributed by atoms with Crippen LogP contribution in [-0.2, 0) is 4.79 Å². The molecule has 1 aromatic rings. The van der Waals surface area contributed by atoms with E-state index in [4.69, 9.17) is 4.74 Å². The maximum Gasteiger partial charge on any atom is 0.223 e. The Morgan fingerprint density at radius 2 is 2.05 bits per heavy atom. The van der Waals surface area contributed by atoms with Crippen LogP contribution < -0.4 is 15.4 Å². The molecule has 0 saturated carbocycles. The van der Waals surface area contributed by atoms with E-state index in [2.05, 4.69) is 23.6 Å². The van der Waals surface area contributed by atoms with Crippen molar-refractivity contribution in [1.82, 2.24) is 10.6 Å². The van der Waals surface area contributed by atoms with Gasteiger partial charge >= 0.3 is 0 Å². The summed E-state index contributed by atoms with van der Waals surface area (Å²) in [5.41, 5.74) is 2.35. The van der Waals surface area contributed by atoms with E-state index in [1.54, 1.807) is 0 Å². The third kappa shape index (κ3) is 5.05. The standard InChI is InChI=1S/C17H26N2O2/c1-12-9-13(2)11-15(10-12)21-8-6-17(20)19-16-5-4-7-18-14(16)3/h9-11,14,16,18H,4-8H2,1-3H3,(H,19,20). The van der Waals surface area contributed by atoms with Gasteiger partial charge in [0.2, 0.25) is 5.91 Å². The van der Waals surface area contributed by atoms with Crippen molar-refractivity contribution in [1.29, 1.82) is 0 Å². The van der Waals surface area contributed by atoms with Crippen LogP contribution in [0.4, 0.5) is 0 Å². The summed E-state index contributed by atoms with van der Waals surface area (Å²) in [6, 6.07) is 6.70. The normalized spacial score (nSPS) is 21.9. The third-order valence-electron chi connectivity index (χ3n) is 3.90. The highest BCUT2D eigenvalue weighted by Crippen LogP contribution is 2.16. The van der Waals surface area contributed by atoms with E-state index in [1.165, 1.54) is 11.1 Å². The summed E-state index contributed by atoms with van der Waals surface area (Å²) in [7, 11) is 0. The molecule has 1 saturated heterocycles. The van der Waals surface area contributed by atoms with Crippen molar-refractivity contribution in [2.24, 2.45) is 0 Å². The van der Waals surface area contributed by atoms with E-state index >= 15 is 0 Å². The third-order valence-corrected chi connectivity index (χ3v) is 3.90. The number of ether oxygens (including phenoxy) is 1. The highest BCUT2D eigenvalue weighted by molar-refractivity contribution is 5.76. The summed E-state index contributed by atoms with van der Waals surface area (Å²) < 4.78 is 5.68. The first-order valence-electron chi connectivity index (χ1n) is 7.78. The summed E-state index contributed by atoms with van der Waals surface area (Å²) >= 11 is 0. The van der Waals surface area contributed by atoms with Gasteiger partial charge in [-0.1, -0.05) is 6.07 Å². The fraction of sp³-hybridized carbons (Fsp3) is 0.588. The Morgan fingerprint density at radius 1 is 1.33 bits per heavy atom. The van der Waals surface area contributed by atoms with Crippen molar-refractivity contribution in [3.05, 3.63) is 29.3 Å². The summed E-state index contributed by atoms with van der Waals surface area (Å²) in [4.78, 5) is 12.0. The van der Waals surface area contributed by atoms with Crippen LogP contribution in [0, 0.1) is 13.8 Å². The molecule has 0 radical (unpaired) electrons. The summed E-state index contributed by atoms with van der Waals surface area (Å²) in [6.07, 6.45) is 2.57. The molecule has 1 aliphatic rings. The minimum atomic E-state index is 0.0694. The Labute approximate surface area is 127 Å². The zero-order valence-electron chi connectivity index (χ0n) is 13.2. The molecule has 1 aromatic carbocycles. The van der Waals surface area contributed by atoms with Crippen molar-refractivity contribution < 1.29 is 9.53 Å². The van der Waals surface area contributed by atoms with E-state index < -0.39 is 0 Å². The minimum absolute atomic E-state index is 0.0694. The largest absolute Gasteiger partial charge is 0.493 e. The van der Waals surface area contributed by atoms with Crippen molar-refractivity contribution in [3.63, 3.8) is 0 Å². The maximum absolute atomic E-state index is 12.0. The number of hydrogen-bond acceptors (Lipinski definition) is 3. The van der Waals surface area contributed by atoms with Gasteiger partial charge in [-0.3, -0.25) is 4.79 Å². The number of rotatable bonds is 5. The molecule has 2 unspecified atom stereocenters. The predicted molar refractivity (Wildman–Crippen MR) is 84.7 cm³/mol. The Bertz CT molecular complexity index is 467. The fourth-order valence-corrected chi connectivity index (χ4v) is 2.80. The second-order valence-electron chi connectivity index (χ2n) is 5.98. The summed E-state index contributed by atoms with van der Waals surface area (Å²) in [5.74, 6) is 0.910. The zero-order valence-corrected chi connectivity index (χ0v) is 13.2. The molecule has 21 heavy (non-hydrogen) atoms. The van der Waals surface area contributed by atoms with Crippen LogP contribution in [0.2, 0.25) is 0 Å². The van der Waals surface area contributed by atoms with Crippen molar-refractivity contribution in [2.45, 2.75) is 52.1 Å². The molecular formula is C17H26N2O2. The van der Waals surface area contributed by atoms with Gasteiger partial charge in [-0.15, -0.1) is 0 Å². The van der Waals surface area contributed by atoms with Crippen LogP contribution in [-0.4, -0.2) is 31.1 Å². The molecule has 4 heteroatoms. The number of benzene rings is 1. The average molecular weight is 290 g/mol. The first-order valence-corrected chi connectivity index (χ1v) is 7.78. The Morgan fingerprint density at radius 3 is 2.71 bits per heavy atom. The van der Waals surface area contributed by atoms with Crippen molar-refractivity contribution in [3.8, 4) is 5.75 Å². The minimum Gasteiger partial charge on any atom is -0.493 e. The van der Waals surface area contributed by atoms with Gasteiger partial charge in [0.25, 0.3) is 0 Å². The van der Waals surface area contributed by atoms with Crippen LogP contribution in [0.5, 0.6) is 5.75 Å². The lowest BCUT2D eigenvalue weighted by atomic mass is 10.00. The molecule has 1 fully saturated rings. The smallest absolute Gasteiger partial charge is 0.223 e. The number of carbonyl (C=O) groups is 1. The maximum atomic E-state index is 12.0. The number of piperidine rings is 1. The number of carbonyl (C=O) groups excluding carboxylic acids is 1. The molecule has 0 bridgehead atoms. The molecule has 1 heterocycles. The monoisotopic (exact) mass is 290 g/mol. The number of hydrogen-bond donors (Lipinski definition) is 2. The number of aryl methyl sites for hydroxylation is 2. The number of amides is 1. The van der Waals surface area contributed by atoms with Gasteiger partial charge in [0.1, 0.15) is 5.75 Å². The quantitative estimate of drug-likeness (QED) is 0.875. The van der Waals surface area contributed by atoms with Gasteiger partial charge in [-0.25, -0.2) is 0 Å². The Kier molecular flexibility index (Phi) is 5.62. The molecule has 0 aromatic heterocycles. The lowest BCUT2D eigenvalue weighted by Crippen LogP contribution is -2.52. The molecule has 1 amide bonds. The highest BCUT2D eigenvalue weighted by Gasteiger charge is 2.22. The molecule has 2 N–H and O–H groups in total. The van der Waals surface area contributed by atoms with Gasteiger partial charge in [0.15, 0.2) is 0 Å². The molecule has 0 aliphatic carbocycles. The molecule has 4 nitrogen and oxygen atoms in total. The Balaban J connectivity index is 1.73. The lowest BCUT2D eigenvalue weighted by molar-refractivity contribution is -0.122. The van der Waals surface area contributed by atoms with Crippen LogP contribution in [0.3, 0.4) is 0 Å². The van der Waals surface area contributed by atoms with Gasteiger partial charge in [-0.2, -0.15) is 0 Å².